The van der Waals surface area contributed by atoms with Crippen LogP contribution in [0.4, 0.5) is 5.82 Å². The number of hydrogen-bond acceptors (Lipinski definition) is 6. The first kappa shape index (κ1) is 14.5. The summed E-state index contributed by atoms with van der Waals surface area (Å²) in [4.78, 5) is 4.52. The molecule has 7 nitrogen and oxygen atoms in total. The molecule has 0 aliphatic heterocycles. The number of furan rings is 1. The zero-order valence-corrected chi connectivity index (χ0v) is 13.1. The first-order chi connectivity index (χ1) is 11.6. The van der Waals surface area contributed by atoms with E-state index in [2.05, 4.69) is 10.1 Å². The molecule has 3 heterocycles. The minimum atomic E-state index is -3.75. The Labute approximate surface area is 137 Å². The van der Waals surface area contributed by atoms with Crippen LogP contribution in [-0.2, 0) is 9.84 Å². The topological polar surface area (TPSA) is 103 Å². The van der Waals surface area contributed by atoms with E-state index in [9.17, 15) is 8.42 Å². The molecule has 1 aromatic carbocycles. The normalized spacial score (nSPS) is 11.8. The van der Waals surface area contributed by atoms with E-state index < -0.39 is 9.84 Å². The summed E-state index contributed by atoms with van der Waals surface area (Å²) in [6, 6.07) is 14.5. The van der Waals surface area contributed by atoms with E-state index in [0.717, 1.165) is 0 Å². The number of sulfone groups is 1. The van der Waals surface area contributed by atoms with Crippen molar-refractivity contribution in [3.8, 4) is 11.6 Å². The van der Waals surface area contributed by atoms with Crippen molar-refractivity contribution in [3.63, 3.8) is 0 Å². The van der Waals surface area contributed by atoms with Gasteiger partial charge in [-0.1, -0.05) is 18.2 Å². The van der Waals surface area contributed by atoms with Gasteiger partial charge >= 0.3 is 0 Å². The number of aromatic nitrogens is 3. The predicted octanol–water partition coefficient (Wildman–Crippen LogP) is 2.40. The lowest BCUT2D eigenvalue weighted by molar-refractivity contribution is 0.577. The number of anilines is 1. The summed E-state index contributed by atoms with van der Waals surface area (Å²) in [5.74, 6) is 0.978. The van der Waals surface area contributed by atoms with Crippen molar-refractivity contribution in [2.24, 2.45) is 0 Å². The Morgan fingerprint density at radius 2 is 1.79 bits per heavy atom. The van der Waals surface area contributed by atoms with Gasteiger partial charge in [0.05, 0.1) is 11.2 Å². The molecule has 0 fully saturated rings. The average molecular weight is 340 g/mol. The molecular formula is C16H12N4O3S. The Morgan fingerprint density at radius 3 is 2.50 bits per heavy atom. The molecule has 4 aromatic rings. The highest BCUT2D eigenvalue weighted by Crippen LogP contribution is 2.27. The lowest BCUT2D eigenvalue weighted by Crippen LogP contribution is -2.07. The number of fused-ring (bicyclic) bond motifs is 1. The van der Waals surface area contributed by atoms with E-state index >= 15 is 0 Å². The largest absolute Gasteiger partial charge is 0.461 e. The molecule has 0 atom stereocenters. The second-order valence-electron chi connectivity index (χ2n) is 5.09. The predicted molar refractivity (Wildman–Crippen MR) is 87.0 cm³/mol. The van der Waals surface area contributed by atoms with Gasteiger partial charge in [-0.2, -0.15) is 4.52 Å². The standard InChI is InChI=1S/C16H12N4O3S/c17-14-9-8-13(24(21,22)11-5-2-1-3-6-11)16-18-15(19-20(14)16)12-7-4-10-23-12/h1-10H,17H2. The molecule has 120 valence electrons. The molecule has 3 aromatic heterocycles. The molecule has 4 rings (SSSR count). The molecule has 0 spiro atoms. The summed E-state index contributed by atoms with van der Waals surface area (Å²) in [6.45, 7) is 0. The van der Waals surface area contributed by atoms with Gasteiger partial charge in [0.15, 0.2) is 11.4 Å². The maximum Gasteiger partial charge on any atom is 0.218 e. The molecule has 8 heteroatoms. The van der Waals surface area contributed by atoms with Crippen LogP contribution in [0, 0.1) is 0 Å². The Hall–Kier alpha value is -3.13. The van der Waals surface area contributed by atoms with E-state index in [1.165, 1.54) is 35.0 Å². The fourth-order valence-corrected chi connectivity index (χ4v) is 3.79. The van der Waals surface area contributed by atoms with Crippen LogP contribution in [0.2, 0.25) is 0 Å². The van der Waals surface area contributed by atoms with Crippen molar-refractivity contribution in [3.05, 3.63) is 60.9 Å². The SMILES string of the molecule is Nc1ccc(S(=O)(=O)c2ccccc2)c2nc(-c3ccco3)nn12. The van der Waals surface area contributed by atoms with E-state index in [1.807, 2.05) is 0 Å². The summed E-state index contributed by atoms with van der Waals surface area (Å²) >= 11 is 0. The Bertz CT molecular complexity index is 1120. The van der Waals surface area contributed by atoms with E-state index in [-0.39, 0.29) is 27.1 Å². The highest BCUT2D eigenvalue weighted by Gasteiger charge is 2.24. The maximum atomic E-state index is 12.9. The minimum Gasteiger partial charge on any atom is -0.461 e. The molecule has 24 heavy (non-hydrogen) atoms. The van der Waals surface area contributed by atoms with Crippen LogP contribution in [0.5, 0.6) is 0 Å². The van der Waals surface area contributed by atoms with Gasteiger partial charge in [-0.15, -0.1) is 5.10 Å². The summed E-state index contributed by atoms with van der Waals surface area (Å²) in [5, 5.41) is 4.24. The van der Waals surface area contributed by atoms with Gasteiger partial charge in [0.25, 0.3) is 0 Å². The second kappa shape index (κ2) is 5.20. The maximum absolute atomic E-state index is 12.9. The van der Waals surface area contributed by atoms with Crippen molar-refractivity contribution in [1.29, 1.82) is 0 Å². The Balaban J connectivity index is 1.99. The number of nitrogens with two attached hydrogens (primary N) is 1. The zero-order chi connectivity index (χ0) is 16.7. The van der Waals surface area contributed by atoms with Crippen molar-refractivity contribution >= 4 is 21.3 Å². The third-order valence-electron chi connectivity index (χ3n) is 3.56. The molecule has 2 N–H and O–H groups in total. The lowest BCUT2D eigenvalue weighted by atomic mass is 10.4. The molecule has 0 aliphatic rings. The van der Waals surface area contributed by atoms with E-state index in [1.54, 1.807) is 30.3 Å². The van der Waals surface area contributed by atoms with Crippen LogP contribution in [0.15, 0.2) is 75.1 Å². The molecule has 0 aliphatic carbocycles. The van der Waals surface area contributed by atoms with Gasteiger partial charge in [0.1, 0.15) is 10.7 Å². The molecule has 0 saturated carbocycles. The van der Waals surface area contributed by atoms with Crippen LogP contribution in [0.3, 0.4) is 0 Å². The highest BCUT2D eigenvalue weighted by molar-refractivity contribution is 7.91. The minimum absolute atomic E-state index is 0.0354. The van der Waals surface area contributed by atoms with Crippen molar-refractivity contribution < 1.29 is 12.8 Å². The number of nitrogen functional groups attached to an aromatic ring is 1. The van der Waals surface area contributed by atoms with Crippen LogP contribution in [-0.4, -0.2) is 23.0 Å². The van der Waals surface area contributed by atoms with Gasteiger partial charge in [-0.3, -0.25) is 0 Å². The first-order valence-corrected chi connectivity index (χ1v) is 8.55. The van der Waals surface area contributed by atoms with E-state index in [0.29, 0.717) is 5.76 Å². The fraction of sp³-hybridized carbons (Fsp3) is 0. The second-order valence-corrected chi connectivity index (χ2v) is 7.01. The van der Waals surface area contributed by atoms with Gasteiger partial charge in [0.2, 0.25) is 15.7 Å². The molecule has 0 unspecified atom stereocenters. The third-order valence-corrected chi connectivity index (χ3v) is 5.35. The molecular weight excluding hydrogens is 328 g/mol. The summed E-state index contributed by atoms with van der Waals surface area (Å²) in [6.07, 6.45) is 1.49. The number of hydrogen-bond donors (Lipinski definition) is 1. The Morgan fingerprint density at radius 1 is 1.00 bits per heavy atom. The smallest absolute Gasteiger partial charge is 0.218 e. The average Bonchev–Trinajstić information content (AvgIpc) is 3.25. The van der Waals surface area contributed by atoms with Crippen molar-refractivity contribution in [1.82, 2.24) is 14.6 Å². The lowest BCUT2D eigenvalue weighted by Gasteiger charge is -2.06. The number of rotatable bonds is 3. The van der Waals surface area contributed by atoms with Crippen LogP contribution in [0.25, 0.3) is 17.2 Å². The first-order valence-electron chi connectivity index (χ1n) is 7.06. The van der Waals surface area contributed by atoms with E-state index in [4.69, 9.17) is 10.2 Å². The molecule has 0 amide bonds. The number of pyridine rings is 1. The molecule has 0 radical (unpaired) electrons. The van der Waals surface area contributed by atoms with Crippen LogP contribution >= 0.6 is 0 Å². The summed E-state index contributed by atoms with van der Waals surface area (Å²) in [7, 11) is -3.75. The fourth-order valence-electron chi connectivity index (χ4n) is 2.40. The summed E-state index contributed by atoms with van der Waals surface area (Å²) < 4.78 is 32.4. The number of benzene rings is 1. The molecule has 0 saturated heterocycles. The van der Waals surface area contributed by atoms with Crippen LogP contribution < -0.4 is 5.73 Å². The van der Waals surface area contributed by atoms with Gasteiger partial charge in [-0.05, 0) is 36.4 Å². The highest BCUT2D eigenvalue weighted by atomic mass is 32.2. The Kier molecular flexibility index (Phi) is 3.14. The molecule has 0 bridgehead atoms. The quantitative estimate of drug-likeness (QED) is 0.614. The third kappa shape index (κ3) is 2.16. The van der Waals surface area contributed by atoms with Gasteiger partial charge in [0, 0.05) is 0 Å². The van der Waals surface area contributed by atoms with Crippen LogP contribution in [0.1, 0.15) is 0 Å². The van der Waals surface area contributed by atoms with Gasteiger partial charge < -0.3 is 10.2 Å². The number of nitrogens with zero attached hydrogens (tertiary/aromatic N) is 3. The van der Waals surface area contributed by atoms with Gasteiger partial charge in [-0.25, -0.2) is 13.4 Å². The zero-order valence-electron chi connectivity index (χ0n) is 12.3. The van der Waals surface area contributed by atoms with Crippen molar-refractivity contribution in [2.75, 3.05) is 5.73 Å². The van der Waals surface area contributed by atoms with Crippen molar-refractivity contribution in [2.45, 2.75) is 9.79 Å². The summed E-state index contributed by atoms with van der Waals surface area (Å²) in [5.41, 5.74) is 6.07. The monoisotopic (exact) mass is 340 g/mol.